The van der Waals surface area contributed by atoms with Crippen molar-refractivity contribution < 1.29 is 9.63 Å². The molecule has 0 fully saturated rings. The van der Waals surface area contributed by atoms with E-state index in [2.05, 4.69) is 20.3 Å². The average Bonchev–Trinajstić information content (AvgIpc) is 2.48. The number of thioether (sulfide) groups is 1. The third kappa shape index (κ3) is 4.43. The van der Waals surface area contributed by atoms with Gasteiger partial charge in [-0.05, 0) is 25.6 Å². The van der Waals surface area contributed by atoms with Crippen LogP contribution in [0.4, 0.5) is 16.7 Å². The molecule has 22 heavy (non-hydrogen) atoms. The highest BCUT2D eigenvalue weighted by molar-refractivity contribution is 8.13. The molecule has 0 saturated heterocycles. The minimum atomic E-state index is -0.530. The predicted molar refractivity (Wildman–Crippen MR) is 85.1 cm³/mol. The Morgan fingerprint density at radius 1 is 1.32 bits per heavy atom. The molecular formula is C11H20N8O2S. The Kier molecular flexibility index (Phi) is 6.79. The fourth-order valence-electron chi connectivity index (χ4n) is 1.58. The third-order valence-corrected chi connectivity index (χ3v) is 3.19. The molecule has 2 amide bonds. The zero-order valence-electron chi connectivity index (χ0n) is 13.0. The highest BCUT2D eigenvalue weighted by atomic mass is 32.2. The Hall–Kier alpha value is -2.14. The molecule has 0 radical (unpaired) electrons. The van der Waals surface area contributed by atoms with Crippen molar-refractivity contribution in [2.45, 2.75) is 19.0 Å². The summed E-state index contributed by atoms with van der Waals surface area (Å²) in [6.07, 6.45) is 0. The molecule has 1 aromatic rings. The molecular weight excluding hydrogens is 308 g/mol. The van der Waals surface area contributed by atoms with Gasteiger partial charge in [-0.15, -0.1) is 5.06 Å². The van der Waals surface area contributed by atoms with Gasteiger partial charge in [-0.3, -0.25) is 10.2 Å². The zero-order valence-corrected chi connectivity index (χ0v) is 13.8. The zero-order chi connectivity index (χ0) is 16.7. The molecule has 0 aliphatic rings. The molecule has 0 unspecified atom stereocenters. The van der Waals surface area contributed by atoms with E-state index in [1.165, 1.54) is 14.2 Å². The van der Waals surface area contributed by atoms with Crippen LogP contribution in [0.2, 0.25) is 0 Å². The molecule has 1 rings (SSSR count). The first kappa shape index (κ1) is 17.9. The van der Waals surface area contributed by atoms with Crippen molar-refractivity contribution in [3.63, 3.8) is 0 Å². The van der Waals surface area contributed by atoms with Crippen molar-refractivity contribution in [3.8, 4) is 0 Å². The van der Waals surface area contributed by atoms with Crippen LogP contribution in [0.15, 0.2) is 5.16 Å². The number of hydrogen-bond donors (Lipinski definition) is 3. The number of nitrogens with one attached hydrogen (secondary N) is 2. The number of amidine groups is 1. The lowest BCUT2D eigenvalue weighted by atomic mass is 10.5. The number of hydroxylamine groups is 1. The highest BCUT2D eigenvalue weighted by Crippen LogP contribution is 2.20. The van der Waals surface area contributed by atoms with Crippen molar-refractivity contribution in [1.82, 2.24) is 20.3 Å². The number of nitrogens with two attached hydrogens (primary N) is 1. The Labute approximate surface area is 132 Å². The second kappa shape index (κ2) is 8.34. The van der Waals surface area contributed by atoms with E-state index in [-0.39, 0.29) is 16.3 Å². The summed E-state index contributed by atoms with van der Waals surface area (Å²) in [5.74, 6) is 0.396. The number of nitrogens with zero attached hydrogens (tertiary/aromatic N) is 5. The number of carbonyl (C=O) groups excluding carboxylic acids is 1. The number of rotatable bonds is 6. The van der Waals surface area contributed by atoms with Crippen molar-refractivity contribution in [1.29, 1.82) is 5.41 Å². The molecule has 10 nitrogen and oxygen atoms in total. The van der Waals surface area contributed by atoms with Gasteiger partial charge in [-0.1, -0.05) is 0 Å². The molecule has 0 atom stereocenters. The molecule has 122 valence electrons. The maximum Gasteiger partial charge on any atom is 0.348 e. The lowest BCUT2D eigenvalue weighted by Crippen LogP contribution is -2.39. The molecule has 0 saturated carbocycles. The van der Waals surface area contributed by atoms with Gasteiger partial charge in [0.25, 0.3) is 5.95 Å². The summed E-state index contributed by atoms with van der Waals surface area (Å²) in [6.45, 7) is 5.27. The van der Waals surface area contributed by atoms with Crippen LogP contribution in [0, 0.1) is 5.41 Å². The smallest absolute Gasteiger partial charge is 0.348 e. The molecule has 0 aromatic carbocycles. The number of anilines is 2. The second-order valence-electron chi connectivity index (χ2n) is 3.89. The van der Waals surface area contributed by atoms with Gasteiger partial charge in [-0.2, -0.15) is 15.0 Å². The fourth-order valence-corrected chi connectivity index (χ4v) is 2.03. The largest absolute Gasteiger partial charge is 0.378 e. The Morgan fingerprint density at radius 2 is 1.91 bits per heavy atom. The number of carbonyl (C=O) groups is 1. The number of urea groups is 1. The number of hydrogen-bond acceptors (Lipinski definition) is 8. The van der Waals surface area contributed by atoms with Gasteiger partial charge in [0.1, 0.15) is 0 Å². The van der Waals surface area contributed by atoms with Crippen LogP contribution >= 0.6 is 11.8 Å². The third-order valence-electron chi connectivity index (χ3n) is 2.60. The lowest BCUT2D eigenvalue weighted by Gasteiger charge is -2.22. The Morgan fingerprint density at radius 3 is 2.36 bits per heavy atom. The molecule has 4 N–H and O–H groups in total. The van der Waals surface area contributed by atoms with Gasteiger partial charge in [-0.25, -0.2) is 4.79 Å². The van der Waals surface area contributed by atoms with Gasteiger partial charge in [0.2, 0.25) is 11.1 Å². The van der Waals surface area contributed by atoms with Crippen molar-refractivity contribution in [2.24, 2.45) is 5.73 Å². The first-order valence-corrected chi connectivity index (χ1v) is 7.37. The van der Waals surface area contributed by atoms with Crippen LogP contribution in [0.25, 0.3) is 0 Å². The van der Waals surface area contributed by atoms with Crippen LogP contribution in [0.5, 0.6) is 0 Å². The average molecular weight is 328 g/mol. The molecule has 0 spiro atoms. The van der Waals surface area contributed by atoms with Gasteiger partial charge >= 0.3 is 6.03 Å². The first-order valence-electron chi connectivity index (χ1n) is 6.55. The SMILES string of the molecule is CCN(CC)c1nc(SC(=N)N)nc(N(OC)C(=O)NC)n1. The van der Waals surface area contributed by atoms with Gasteiger partial charge in [0.15, 0.2) is 5.17 Å². The Bertz CT molecular complexity index is 537. The summed E-state index contributed by atoms with van der Waals surface area (Å²) in [6, 6.07) is -0.530. The van der Waals surface area contributed by atoms with E-state index in [0.717, 1.165) is 16.8 Å². The fraction of sp³-hybridized carbons (Fsp3) is 0.545. The molecule has 0 aliphatic carbocycles. The molecule has 0 bridgehead atoms. The van der Waals surface area contributed by atoms with E-state index < -0.39 is 6.03 Å². The lowest BCUT2D eigenvalue weighted by molar-refractivity contribution is 0.160. The van der Waals surface area contributed by atoms with E-state index in [0.29, 0.717) is 19.0 Å². The molecule has 1 aromatic heterocycles. The molecule has 11 heteroatoms. The topological polar surface area (TPSA) is 133 Å². The standard InChI is InChI=1S/C11H20N8O2S/c1-5-18(6-2)8-15-9(19(21-4)11(20)14-3)17-10(16-8)22-7(12)13/h5-6H2,1-4H3,(H3,12,13)(H,14,20). The van der Waals surface area contributed by atoms with E-state index in [1.807, 2.05) is 18.7 Å². The first-order chi connectivity index (χ1) is 10.5. The van der Waals surface area contributed by atoms with Crippen molar-refractivity contribution in [3.05, 3.63) is 0 Å². The molecule has 0 aliphatic heterocycles. The Balaban J connectivity index is 3.32. The molecule has 1 heterocycles. The van der Waals surface area contributed by atoms with Gasteiger partial charge in [0.05, 0.1) is 7.11 Å². The summed E-state index contributed by atoms with van der Waals surface area (Å²) in [4.78, 5) is 31.3. The maximum atomic E-state index is 11.8. The summed E-state index contributed by atoms with van der Waals surface area (Å²) in [7, 11) is 2.79. The summed E-state index contributed by atoms with van der Waals surface area (Å²) >= 11 is 0.871. The maximum absolute atomic E-state index is 11.8. The van der Waals surface area contributed by atoms with E-state index >= 15 is 0 Å². The van der Waals surface area contributed by atoms with Gasteiger partial charge < -0.3 is 16.0 Å². The minimum Gasteiger partial charge on any atom is -0.378 e. The number of amides is 2. The quantitative estimate of drug-likeness (QED) is 0.296. The van der Waals surface area contributed by atoms with E-state index in [9.17, 15) is 4.79 Å². The number of aromatic nitrogens is 3. The normalized spacial score (nSPS) is 10.2. The van der Waals surface area contributed by atoms with Crippen LogP contribution in [-0.4, -0.2) is 53.4 Å². The van der Waals surface area contributed by atoms with Gasteiger partial charge in [0, 0.05) is 20.1 Å². The van der Waals surface area contributed by atoms with Crippen molar-refractivity contribution in [2.75, 3.05) is 37.2 Å². The van der Waals surface area contributed by atoms with E-state index in [4.69, 9.17) is 16.0 Å². The van der Waals surface area contributed by atoms with Crippen LogP contribution < -0.4 is 21.0 Å². The van der Waals surface area contributed by atoms with Crippen LogP contribution in [0.1, 0.15) is 13.8 Å². The predicted octanol–water partition coefficient (Wildman–Crippen LogP) is 0.411. The summed E-state index contributed by atoms with van der Waals surface area (Å²) in [5.41, 5.74) is 5.37. The van der Waals surface area contributed by atoms with Crippen LogP contribution in [0.3, 0.4) is 0 Å². The highest BCUT2D eigenvalue weighted by Gasteiger charge is 2.21. The van der Waals surface area contributed by atoms with E-state index in [1.54, 1.807) is 0 Å². The van der Waals surface area contributed by atoms with Crippen LogP contribution in [-0.2, 0) is 4.84 Å². The minimum absolute atomic E-state index is 0.0162. The second-order valence-corrected chi connectivity index (χ2v) is 4.90. The summed E-state index contributed by atoms with van der Waals surface area (Å²) < 4.78 is 0. The summed E-state index contributed by atoms with van der Waals surface area (Å²) in [5, 5.41) is 10.7. The van der Waals surface area contributed by atoms with Crippen molar-refractivity contribution >= 4 is 34.9 Å². The monoisotopic (exact) mass is 328 g/mol.